The molecule has 152 valence electrons. The molecule has 0 radical (unpaired) electrons. The van der Waals surface area contributed by atoms with Gasteiger partial charge in [-0.3, -0.25) is 9.78 Å². The van der Waals surface area contributed by atoms with E-state index in [1.54, 1.807) is 15.6 Å². The van der Waals surface area contributed by atoms with Gasteiger partial charge in [-0.15, -0.1) is 5.10 Å². The number of ether oxygens (including phenoxy) is 1. The molecular weight excluding hydrogens is 382 g/mol. The molecule has 1 aliphatic rings. The van der Waals surface area contributed by atoms with Crippen LogP contribution in [-0.4, -0.2) is 60.1 Å². The van der Waals surface area contributed by atoms with Gasteiger partial charge >= 0.3 is 0 Å². The number of fused-ring (bicyclic) bond motifs is 3. The Labute approximate surface area is 172 Å². The van der Waals surface area contributed by atoms with Crippen LogP contribution in [0.1, 0.15) is 34.5 Å². The average molecular weight is 403 g/mol. The minimum atomic E-state index is -0.187. The Kier molecular flexibility index (Phi) is 4.80. The van der Waals surface area contributed by atoms with Crippen molar-refractivity contribution in [3.05, 3.63) is 59.7 Å². The highest BCUT2D eigenvalue weighted by molar-refractivity contribution is 5.92. The lowest BCUT2D eigenvalue weighted by molar-refractivity contribution is 0.0503. The molecule has 0 aliphatic carbocycles. The van der Waals surface area contributed by atoms with Crippen molar-refractivity contribution in [3.63, 3.8) is 0 Å². The molecule has 1 saturated heterocycles. The fourth-order valence-corrected chi connectivity index (χ4v) is 3.93. The van der Waals surface area contributed by atoms with E-state index in [2.05, 4.69) is 37.6 Å². The SMILES string of the molecule is Cc1ccc2c(c1)cc(CN(C[C@H]1CCCO1)C(=O)c1cnccn1)c1nnnn12. The average Bonchev–Trinajstić information content (AvgIpc) is 3.45. The lowest BCUT2D eigenvalue weighted by atomic mass is 10.1. The zero-order valence-corrected chi connectivity index (χ0v) is 16.6. The highest BCUT2D eigenvalue weighted by Crippen LogP contribution is 2.23. The quantitative estimate of drug-likeness (QED) is 0.504. The molecule has 9 heteroatoms. The Balaban J connectivity index is 1.55. The van der Waals surface area contributed by atoms with Crippen LogP contribution >= 0.6 is 0 Å². The molecule has 3 aromatic heterocycles. The maximum absolute atomic E-state index is 13.2. The third-order valence-electron chi connectivity index (χ3n) is 5.38. The Morgan fingerprint density at radius 3 is 3.03 bits per heavy atom. The molecule has 1 aromatic carbocycles. The maximum Gasteiger partial charge on any atom is 0.274 e. The second-order valence-corrected chi connectivity index (χ2v) is 7.56. The highest BCUT2D eigenvalue weighted by atomic mass is 16.5. The maximum atomic E-state index is 13.2. The smallest absolute Gasteiger partial charge is 0.274 e. The molecule has 9 nitrogen and oxygen atoms in total. The van der Waals surface area contributed by atoms with Crippen LogP contribution in [0.15, 0.2) is 42.9 Å². The van der Waals surface area contributed by atoms with Crippen molar-refractivity contribution in [3.8, 4) is 0 Å². The number of rotatable bonds is 5. The van der Waals surface area contributed by atoms with Crippen molar-refractivity contribution in [1.82, 2.24) is 34.9 Å². The fraction of sp³-hybridized carbons (Fsp3) is 0.333. The van der Waals surface area contributed by atoms with E-state index in [1.807, 2.05) is 19.1 Å². The van der Waals surface area contributed by atoms with E-state index < -0.39 is 0 Å². The number of carbonyl (C=O) groups is 1. The summed E-state index contributed by atoms with van der Waals surface area (Å²) in [6.07, 6.45) is 6.52. The van der Waals surface area contributed by atoms with Crippen molar-refractivity contribution in [2.24, 2.45) is 0 Å². The monoisotopic (exact) mass is 403 g/mol. The van der Waals surface area contributed by atoms with E-state index >= 15 is 0 Å². The van der Waals surface area contributed by atoms with Crippen LogP contribution in [0.3, 0.4) is 0 Å². The van der Waals surface area contributed by atoms with Gasteiger partial charge in [0, 0.05) is 43.0 Å². The second-order valence-electron chi connectivity index (χ2n) is 7.56. The molecule has 4 aromatic rings. The minimum absolute atomic E-state index is 0.0142. The summed E-state index contributed by atoms with van der Waals surface area (Å²) in [5.74, 6) is -0.187. The summed E-state index contributed by atoms with van der Waals surface area (Å²) >= 11 is 0. The van der Waals surface area contributed by atoms with Gasteiger partial charge in [-0.2, -0.15) is 4.52 Å². The molecule has 0 saturated carbocycles. The van der Waals surface area contributed by atoms with Crippen molar-refractivity contribution in [2.45, 2.75) is 32.4 Å². The lowest BCUT2D eigenvalue weighted by Gasteiger charge is -2.25. The van der Waals surface area contributed by atoms with Crippen LogP contribution < -0.4 is 0 Å². The van der Waals surface area contributed by atoms with E-state index in [0.717, 1.165) is 41.5 Å². The standard InChI is InChI=1S/C21H21N7O2/c1-14-4-5-19-15(9-14)10-16(20-24-25-26-28(19)20)12-27(13-17-3-2-8-30-17)21(29)18-11-22-6-7-23-18/h4-7,9-11,17H,2-3,8,12-13H2,1H3/t17-/m1/s1. The molecule has 0 N–H and O–H groups in total. The fourth-order valence-electron chi connectivity index (χ4n) is 3.93. The first kappa shape index (κ1) is 18.6. The third-order valence-corrected chi connectivity index (χ3v) is 5.38. The number of hydrogen-bond acceptors (Lipinski definition) is 7. The number of aromatic nitrogens is 6. The van der Waals surface area contributed by atoms with Gasteiger partial charge in [0.15, 0.2) is 5.65 Å². The van der Waals surface area contributed by atoms with E-state index in [0.29, 0.717) is 24.4 Å². The summed E-state index contributed by atoms with van der Waals surface area (Å²) in [6.45, 7) is 3.60. The van der Waals surface area contributed by atoms with Gasteiger partial charge in [0.05, 0.1) is 17.8 Å². The van der Waals surface area contributed by atoms with Gasteiger partial charge in [0.25, 0.3) is 5.91 Å². The summed E-state index contributed by atoms with van der Waals surface area (Å²) in [5, 5.41) is 13.3. The van der Waals surface area contributed by atoms with Crippen LogP contribution in [0.25, 0.3) is 16.6 Å². The summed E-state index contributed by atoms with van der Waals surface area (Å²) in [5.41, 5.74) is 3.88. The van der Waals surface area contributed by atoms with Crippen LogP contribution in [0.5, 0.6) is 0 Å². The number of hydrogen-bond donors (Lipinski definition) is 0. The Bertz CT molecular complexity index is 1200. The van der Waals surface area contributed by atoms with Crippen molar-refractivity contribution >= 4 is 22.5 Å². The Morgan fingerprint density at radius 2 is 2.23 bits per heavy atom. The third kappa shape index (κ3) is 3.48. The van der Waals surface area contributed by atoms with E-state index in [-0.39, 0.29) is 12.0 Å². The summed E-state index contributed by atoms with van der Waals surface area (Å²) in [7, 11) is 0. The largest absolute Gasteiger partial charge is 0.376 e. The van der Waals surface area contributed by atoms with E-state index in [4.69, 9.17) is 4.74 Å². The second kappa shape index (κ2) is 7.75. The molecule has 0 bridgehead atoms. The molecule has 4 heterocycles. The lowest BCUT2D eigenvalue weighted by Crippen LogP contribution is -2.37. The molecule has 5 rings (SSSR count). The first-order valence-electron chi connectivity index (χ1n) is 9.96. The van der Waals surface area contributed by atoms with E-state index in [9.17, 15) is 4.79 Å². The normalized spacial score (nSPS) is 16.4. The first-order chi connectivity index (χ1) is 14.7. The summed E-state index contributed by atoms with van der Waals surface area (Å²) in [6, 6.07) is 8.19. The zero-order valence-electron chi connectivity index (χ0n) is 16.6. The van der Waals surface area contributed by atoms with Gasteiger partial charge in [-0.25, -0.2) is 4.98 Å². The number of aryl methyl sites for hydroxylation is 1. The summed E-state index contributed by atoms with van der Waals surface area (Å²) < 4.78 is 7.51. The van der Waals surface area contributed by atoms with Crippen LogP contribution in [0, 0.1) is 6.92 Å². The van der Waals surface area contributed by atoms with Crippen LogP contribution in [-0.2, 0) is 11.3 Å². The summed E-state index contributed by atoms with van der Waals surface area (Å²) in [4.78, 5) is 23.2. The van der Waals surface area contributed by atoms with Gasteiger partial charge in [0.1, 0.15) is 5.69 Å². The van der Waals surface area contributed by atoms with Gasteiger partial charge < -0.3 is 9.64 Å². The highest BCUT2D eigenvalue weighted by Gasteiger charge is 2.25. The van der Waals surface area contributed by atoms with Gasteiger partial charge in [0.2, 0.25) is 0 Å². The predicted octanol–water partition coefficient (Wildman–Crippen LogP) is 2.20. The number of nitrogens with zero attached hydrogens (tertiary/aromatic N) is 7. The molecule has 1 amide bonds. The minimum Gasteiger partial charge on any atom is -0.376 e. The number of pyridine rings is 1. The number of tetrazole rings is 1. The molecule has 1 aliphatic heterocycles. The molecule has 1 atom stereocenters. The Morgan fingerprint density at radius 1 is 1.30 bits per heavy atom. The predicted molar refractivity (Wildman–Crippen MR) is 109 cm³/mol. The number of benzene rings is 1. The first-order valence-corrected chi connectivity index (χ1v) is 9.96. The molecule has 1 fully saturated rings. The van der Waals surface area contributed by atoms with Gasteiger partial charge in [-0.05, 0) is 48.4 Å². The number of carbonyl (C=O) groups excluding carboxylic acids is 1. The van der Waals surface area contributed by atoms with Crippen molar-refractivity contribution < 1.29 is 9.53 Å². The Hall–Kier alpha value is -3.46. The molecule has 0 spiro atoms. The van der Waals surface area contributed by atoms with Crippen molar-refractivity contribution in [2.75, 3.05) is 13.2 Å². The molecule has 0 unspecified atom stereocenters. The topological polar surface area (TPSA) is 98.4 Å². The molecular formula is C21H21N7O2. The van der Waals surface area contributed by atoms with E-state index in [1.165, 1.54) is 12.4 Å². The van der Waals surface area contributed by atoms with Crippen molar-refractivity contribution in [1.29, 1.82) is 0 Å². The molecule has 30 heavy (non-hydrogen) atoms. The number of amides is 1. The van der Waals surface area contributed by atoms with Crippen LogP contribution in [0.4, 0.5) is 0 Å². The zero-order chi connectivity index (χ0) is 20.5. The van der Waals surface area contributed by atoms with Crippen LogP contribution in [0.2, 0.25) is 0 Å². The van der Waals surface area contributed by atoms with Gasteiger partial charge in [-0.1, -0.05) is 11.6 Å².